The Bertz CT molecular complexity index is 762. The summed E-state index contributed by atoms with van der Waals surface area (Å²) < 4.78 is 0. The van der Waals surface area contributed by atoms with Crippen molar-refractivity contribution in [2.75, 3.05) is 0 Å². The highest BCUT2D eigenvalue weighted by atomic mass is 14.1. The van der Waals surface area contributed by atoms with E-state index in [1.54, 1.807) is 0 Å². The fourth-order valence-electron chi connectivity index (χ4n) is 3.25. The smallest absolute Gasteiger partial charge is 0.0184 e. The summed E-state index contributed by atoms with van der Waals surface area (Å²) in [5.74, 6) is 0. The van der Waals surface area contributed by atoms with E-state index in [-0.39, 0.29) is 0 Å². The van der Waals surface area contributed by atoms with E-state index in [1.165, 1.54) is 46.2 Å². The lowest BCUT2D eigenvalue weighted by Gasteiger charge is -2.07. The van der Waals surface area contributed by atoms with E-state index < -0.39 is 0 Å². The maximum atomic E-state index is 2.27. The van der Waals surface area contributed by atoms with Gasteiger partial charge in [-0.3, -0.25) is 0 Å². The fraction of sp³-hybridized carbons (Fsp3) is 0.280. The quantitative estimate of drug-likeness (QED) is 0.455. The van der Waals surface area contributed by atoms with Gasteiger partial charge in [0, 0.05) is 0 Å². The number of hydrogen-bond acceptors (Lipinski definition) is 0. The molecule has 0 aliphatic carbocycles. The van der Waals surface area contributed by atoms with Crippen LogP contribution in [-0.4, -0.2) is 0 Å². The highest BCUT2D eigenvalue weighted by Crippen LogP contribution is 2.21. The molecule has 0 unspecified atom stereocenters. The van der Waals surface area contributed by atoms with Crippen molar-refractivity contribution in [2.24, 2.45) is 0 Å². The van der Waals surface area contributed by atoms with Crippen molar-refractivity contribution in [1.82, 2.24) is 0 Å². The van der Waals surface area contributed by atoms with Crippen molar-refractivity contribution in [3.8, 4) is 11.1 Å². The minimum atomic E-state index is 1.10. The predicted octanol–water partition coefficient (Wildman–Crippen LogP) is 6.65. The SMILES string of the molecule is CCCc1ccc(-c2ccc(CCc3ccc(CC)cc3)cc2)cc1. The summed E-state index contributed by atoms with van der Waals surface area (Å²) in [4.78, 5) is 0. The molecule has 0 N–H and O–H groups in total. The van der Waals surface area contributed by atoms with E-state index in [2.05, 4.69) is 86.6 Å². The Balaban J connectivity index is 1.61. The molecule has 3 rings (SSSR count). The Morgan fingerprint density at radius 2 is 0.800 bits per heavy atom. The van der Waals surface area contributed by atoms with Crippen LogP contribution in [-0.2, 0) is 25.7 Å². The number of hydrogen-bond donors (Lipinski definition) is 0. The lowest BCUT2D eigenvalue weighted by molar-refractivity contribution is 0.922. The molecular weight excluding hydrogens is 300 g/mol. The third-order valence-electron chi connectivity index (χ3n) is 4.91. The molecule has 0 heteroatoms. The molecule has 0 amide bonds. The summed E-state index contributed by atoms with van der Waals surface area (Å²) in [5.41, 5.74) is 8.29. The molecule has 0 atom stereocenters. The summed E-state index contributed by atoms with van der Waals surface area (Å²) in [6.45, 7) is 4.43. The summed E-state index contributed by atoms with van der Waals surface area (Å²) in [6.07, 6.45) is 5.69. The monoisotopic (exact) mass is 328 g/mol. The minimum absolute atomic E-state index is 1.10. The number of aryl methyl sites for hydroxylation is 4. The zero-order valence-corrected chi connectivity index (χ0v) is 15.5. The molecule has 0 aromatic heterocycles. The van der Waals surface area contributed by atoms with Crippen LogP contribution in [0.5, 0.6) is 0 Å². The zero-order valence-electron chi connectivity index (χ0n) is 15.5. The third-order valence-corrected chi connectivity index (χ3v) is 4.91. The Morgan fingerprint density at radius 3 is 1.20 bits per heavy atom. The molecule has 128 valence electrons. The Hall–Kier alpha value is -2.34. The lowest BCUT2D eigenvalue weighted by Crippen LogP contribution is -1.92. The summed E-state index contributed by atoms with van der Waals surface area (Å²) in [6, 6.07) is 27.1. The van der Waals surface area contributed by atoms with Gasteiger partial charge < -0.3 is 0 Å². The highest BCUT2D eigenvalue weighted by molar-refractivity contribution is 5.64. The van der Waals surface area contributed by atoms with Gasteiger partial charge in [-0.05, 0) is 59.1 Å². The van der Waals surface area contributed by atoms with Crippen LogP contribution in [0.15, 0.2) is 72.8 Å². The largest absolute Gasteiger partial charge is 0.0651 e. The Labute approximate surface area is 152 Å². The van der Waals surface area contributed by atoms with Gasteiger partial charge in [0.15, 0.2) is 0 Å². The van der Waals surface area contributed by atoms with Crippen LogP contribution in [0.3, 0.4) is 0 Å². The first kappa shape index (κ1) is 17.5. The standard InChI is InChI=1S/C25H28/c1-3-5-21-12-16-24(17-13-21)25-18-14-23(15-19-25)11-10-22-8-6-20(4-2)7-9-22/h6-9,12-19H,3-5,10-11H2,1-2H3. The van der Waals surface area contributed by atoms with Crippen LogP contribution in [0.1, 0.15) is 42.5 Å². The van der Waals surface area contributed by atoms with E-state index in [9.17, 15) is 0 Å². The molecule has 0 spiro atoms. The van der Waals surface area contributed by atoms with E-state index in [0.29, 0.717) is 0 Å². The van der Waals surface area contributed by atoms with Gasteiger partial charge >= 0.3 is 0 Å². The summed E-state index contributed by atoms with van der Waals surface area (Å²) in [5, 5.41) is 0. The maximum Gasteiger partial charge on any atom is -0.0184 e. The van der Waals surface area contributed by atoms with Crippen molar-refractivity contribution in [2.45, 2.75) is 46.0 Å². The average Bonchev–Trinajstić information content (AvgIpc) is 2.68. The second-order valence-electron chi connectivity index (χ2n) is 6.81. The van der Waals surface area contributed by atoms with Gasteiger partial charge in [0.1, 0.15) is 0 Å². The maximum absolute atomic E-state index is 2.27. The van der Waals surface area contributed by atoms with Crippen LogP contribution in [0.4, 0.5) is 0 Å². The lowest BCUT2D eigenvalue weighted by atomic mass is 9.98. The summed E-state index contributed by atoms with van der Waals surface area (Å²) >= 11 is 0. The Morgan fingerprint density at radius 1 is 0.440 bits per heavy atom. The first-order valence-electron chi connectivity index (χ1n) is 9.54. The molecule has 3 aromatic carbocycles. The van der Waals surface area contributed by atoms with E-state index in [0.717, 1.165) is 19.3 Å². The van der Waals surface area contributed by atoms with Crippen molar-refractivity contribution in [3.63, 3.8) is 0 Å². The van der Waals surface area contributed by atoms with Crippen molar-refractivity contribution >= 4 is 0 Å². The molecule has 0 saturated carbocycles. The molecule has 0 saturated heterocycles. The van der Waals surface area contributed by atoms with Crippen molar-refractivity contribution in [3.05, 3.63) is 95.1 Å². The van der Waals surface area contributed by atoms with Crippen LogP contribution in [0.25, 0.3) is 11.1 Å². The second-order valence-corrected chi connectivity index (χ2v) is 6.81. The fourth-order valence-corrected chi connectivity index (χ4v) is 3.25. The number of benzene rings is 3. The van der Waals surface area contributed by atoms with Gasteiger partial charge in [-0.25, -0.2) is 0 Å². The first-order chi connectivity index (χ1) is 12.3. The molecular formula is C25H28. The van der Waals surface area contributed by atoms with Gasteiger partial charge in [0.25, 0.3) is 0 Å². The molecule has 0 heterocycles. The van der Waals surface area contributed by atoms with Gasteiger partial charge in [-0.2, -0.15) is 0 Å². The van der Waals surface area contributed by atoms with Gasteiger partial charge in [0.2, 0.25) is 0 Å². The van der Waals surface area contributed by atoms with Crippen LogP contribution in [0, 0.1) is 0 Å². The van der Waals surface area contributed by atoms with Crippen molar-refractivity contribution < 1.29 is 0 Å². The molecule has 0 fully saturated rings. The van der Waals surface area contributed by atoms with E-state index >= 15 is 0 Å². The second kappa shape index (κ2) is 8.67. The van der Waals surface area contributed by atoms with E-state index in [1.807, 2.05) is 0 Å². The molecule has 25 heavy (non-hydrogen) atoms. The van der Waals surface area contributed by atoms with E-state index in [4.69, 9.17) is 0 Å². The van der Waals surface area contributed by atoms with Gasteiger partial charge in [-0.1, -0.05) is 93.1 Å². The summed E-state index contributed by atoms with van der Waals surface area (Å²) in [7, 11) is 0. The minimum Gasteiger partial charge on any atom is -0.0651 e. The average molecular weight is 328 g/mol. The van der Waals surface area contributed by atoms with Crippen molar-refractivity contribution in [1.29, 1.82) is 0 Å². The third kappa shape index (κ3) is 4.82. The molecule has 0 aliphatic rings. The zero-order chi connectivity index (χ0) is 17.5. The normalized spacial score (nSPS) is 10.8. The van der Waals surface area contributed by atoms with Crippen LogP contribution >= 0.6 is 0 Å². The van der Waals surface area contributed by atoms with Gasteiger partial charge in [-0.15, -0.1) is 0 Å². The first-order valence-corrected chi connectivity index (χ1v) is 9.54. The molecule has 0 nitrogen and oxygen atoms in total. The number of rotatable bonds is 7. The topological polar surface area (TPSA) is 0 Å². The molecule has 0 radical (unpaired) electrons. The van der Waals surface area contributed by atoms with Gasteiger partial charge in [0.05, 0.1) is 0 Å². The van der Waals surface area contributed by atoms with Crippen LogP contribution in [0.2, 0.25) is 0 Å². The predicted molar refractivity (Wildman–Crippen MR) is 109 cm³/mol. The highest BCUT2D eigenvalue weighted by Gasteiger charge is 2.00. The van der Waals surface area contributed by atoms with Crippen LogP contribution < -0.4 is 0 Å². The molecule has 3 aromatic rings. The Kier molecular flexibility index (Phi) is 6.06. The molecule has 0 bridgehead atoms. The molecule has 0 aliphatic heterocycles.